The number of rotatable bonds is 4. The SMILES string of the molecule is CNC(c1ccsc1C)c1sccc1OC. The van der Waals surface area contributed by atoms with Crippen LogP contribution in [0.2, 0.25) is 0 Å². The fourth-order valence-electron chi connectivity index (χ4n) is 1.81. The first-order valence-corrected chi connectivity index (χ1v) is 6.86. The molecule has 2 nitrogen and oxygen atoms in total. The molecule has 0 aliphatic rings. The maximum atomic E-state index is 5.38. The third kappa shape index (κ3) is 2.00. The third-order valence-electron chi connectivity index (χ3n) is 2.64. The highest BCUT2D eigenvalue weighted by Crippen LogP contribution is 2.36. The average molecular weight is 253 g/mol. The number of nitrogens with one attached hydrogen (secondary N) is 1. The van der Waals surface area contributed by atoms with E-state index in [1.165, 1.54) is 15.3 Å². The van der Waals surface area contributed by atoms with Gasteiger partial charge in [0.05, 0.1) is 18.0 Å². The van der Waals surface area contributed by atoms with Gasteiger partial charge in [-0.2, -0.15) is 0 Å². The van der Waals surface area contributed by atoms with Crippen LogP contribution >= 0.6 is 22.7 Å². The monoisotopic (exact) mass is 253 g/mol. The Bertz CT molecular complexity index is 461. The van der Waals surface area contributed by atoms with E-state index in [0.29, 0.717) is 0 Å². The topological polar surface area (TPSA) is 21.3 Å². The van der Waals surface area contributed by atoms with Crippen LogP contribution in [0.3, 0.4) is 0 Å². The number of thiophene rings is 2. The van der Waals surface area contributed by atoms with Gasteiger partial charge in [-0.05, 0) is 42.4 Å². The Morgan fingerprint density at radius 2 is 2.00 bits per heavy atom. The molecule has 2 aromatic heterocycles. The summed E-state index contributed by atoms with van der Waals surface area (Å²) < 4.78 is 5.38. The van der Waals surface area contributed by atoms with E-state index in [0.717, 1.165) is 5.75 Å². The maximum Gasteiger partial charge on any atom is 0.134 e. The lowest BCUT2D eigenvalue weighted by molar-refractivity contribution is 0.408. The van der Waals surface area contributed by atoms with Crippen molar-refractivity contribution in [3.05, 3.63) is 38.2 Å². The van der Waals surface area contributed by atoms with Gasteiger partial charge < -0.3 is 10.1 Å². The second kappa shape index (κ2) is 4.99. The Balaban J connectivity index is 2.40. The number of ether oxygens (including phenoxy) is 1. The van der Waals surface area contributed by atoms with Crippen molar-refractivity contribution in [2.75, 3.05) is 14.2 Å². The summed E-state index contributed by atoms with van der Waals surface area (Å²) in [5, 5.41) is 7.56. The van der Waals surface area contributed by atoms with Crippen molar-refractivity contribution in [2.45, 2.75) is 13.0 Å². The van der Waals surface area contributed by atoms with Gasteiger partial charge in [0, 0.05) is 4.88 Å². The van der Waals surface area contributed by atoms with Crippen LogP contribution in [0.15, 0.2) is 22.9 Å². The van der Waals surface area contributed by atoms with Crippen molar-refractivity contribution < 1.29 is 4.74 Å². The van der Waals surface area contributed by atoms with E-state index in [9.17, 15) is 0 Å². The van der Waals surface area contributed by atoms with Crippen molar-refractivity contribution in [1.29, 1.82) is 0 Å². The molecule has 86 valence electrons. The predicted octanol–water partition coefficient (Wildman–Crippen LogP) is 3.44. The van der Waals surface area contributed by atoms with Gasteiger partial charge in [-0.1, -0.05) is 0 Å². The quantitative estimate of drug-likeness (QED) is 0.901. The molecular weight excluding hydrogens is 238 g/mol. The van der Waals surface area contributed by atoms with Crippen LogP contribution in [0.1, 0.15) is 21.4 Å². The summed E-state index contributed by atoms with van der Waals surface area (Å²) in [6, 6.07) is 4.44. The van der Waals surface area contributed by atoms with Crippen molar-refractivity contribution in [3.63, 3.8) is 0 Å². The first-order valence-electron chi connectivity index (χ1n) is 5.10. The molecule has 0 aromatic carbocycles. The Hall–Kier alpha value is -0.840. The highest BCUT2D eigenvalue weighted by molar-refractivity contribution is 7.10. The zero-order valence-corrected chi connectivity index (χ0v) is 11.2. The Labute approximate surface area is 104 Å². The van der Waals surface area contributed by atoms with Crippen molar-refractivity contribution >= 4 is 22.7 Å². The van der Waals surface area contributed by atoms with Crippen molar-refractivity contribution in [2.24, 2.45) is 0 Å². The number of aryl methyl sites for hydroxylation is 1. The molecule has 0 saturated heterocycles. The highest BCUT2D eigenvalue weighted by Gasteiger charge is 2.19. The Kier molecular flexibility index (Phi) is 3.63. The summed E-state index contributed by atoms with van der Waals surface area (Å²) in [6.45, 7) is 2.16. The molecule has 1 unspecified atom stereocenters. The smallest absolute Gasteiger partial charge is 0.134 e. The summed E-state index contributed by atoms with van der Waals surface area (Å²) in [7, 11) is 3.71. The van der Waals surface area contributed by atoms with Crippen LogP contribution in [0, 0.1) is 6.92 Å². The van der Waals surface area contributed by atoms with Gasteiger partial charge in [0.1, 0.15) is 5.75 Å². The summed E-state index contributed by atoms with van der Waals surface area (Å²) in [5.74, 6) is 0.968. The van der Waals surface area contributed by atoms with Gasteiger partial charge >= 0.3 is 0 Å². The molecule has 0 amide bonds. The summed E-state index contributed by atoms with van der Waals surface area (Å²) in [6.07, 6.45) is 0. The van der Waals surface area contributed by atoms with Crippen LogP contribution in [-0.4, -0.2) is 14.2 Å². The minimum Gasteiger partial charge on any atom is -0.496 e. The van der Waals surface area contributed by atoms with E-state index in [2.05, 4.69) is 29.1 Å². The Morgan fingerprint density at radius 1 is 1.25 bits per heavy atom. The van der Waals surface area contributed by atoms with E-state index in [1.54, 1.807) is 29.8 Å². The second-order valence-corrected chi connectivity index (χ2v) is 5.57. The number of methoxy groups -OCH3 is 1. The van der Waals surface area contributed by atoms with Crippen LogP contribution < -0.4 is 10.1 Å². The fourth-order valence-corrected chi connectivity index (χ4v) is 3.54. The summed E-state index contributed by atoms with van der Waals surface area (Å²) >= 11 is 3.51. The highest BCUT2D eigenvalue weighted by atomic mass is 32.1. The van der Waals surface area contributed by atoms with Crippen LogP contribution in [0.5, 0.6) is 5.75 Å². The summed E-state index contributed by atoms with van der Waals surface area (Å²) in [4.78, 5) is 2.60. The molecule has 2 heterocycles. The van der Waals surface area contributed by atoms with Crippen LogP contribution in [0.4, 0.5) is 0 Å². The van der Waals surface area contributed by atoms with Crippen molar-refractivity contribution in [3.8, 4) is 5.75 Å². The molecule has 1 N–H and O–H groups in total. The molecule has 0 fully saturated rings. The Morgan fingerprint density at radius 3 is 2.56 bits per heavy atom. The zero-order chi connectivity index (χ0) is 11.5. The van der Waals surface area contributed by atoms with E-state index in [-0.39, 0.29) is 6.04 Å². The molecule has 2 aromatic rings. The molecule has 0 spiro atoms. The predicted molar refractivity (Wildman–Crippen MR) is 70.8 cm³/mol. The molecule has 16 heavy (non-hydrogen) atoms. The van der Waals surface area contributed by atoms with Crippen LogP contribution in [0.25, 0.3) is 0 Å². The average Bonchev–Trinajstić information content (AvgIpc) is 2.90. The largest absolute Gasteiger partial charge is 0.496 e. The minimum atomic E-state index is 0.237. The molecule has 0 aliphatic heterocycles. The molecule has 0 aliphatic carbocycles. The first kappa shape index (κ1) is 11.6. The lowest BCUT2D eigenvalue weighted by Gasteiger charge is -2.16. The lowest BCUT2D eigenvalue weighted by Crippen LogP contribution is -2.17. The van der Waals surface area contributed by atoms with Gasteiger partial charge in [-0.3, -0.25) is 0 Å². The molecular formula is C12H15NOS2. The molecule has 0 saturated carbocycles. The van der Waals surface area contributed by atoms with E-state index in [4.69, 9.17) is 4.74 Å². The van der Waals surface area contributed by atoms with E-state index < -0.39 is 0 Å². The first-order chi connectivity index (χ1) is 7.77. The van der Waals surface area contributed by atoms with Gasteiger partial charge in [0.2, 0.25) is 0 Å². The standard InChI is InChI=1S/C12H15NOS2/c1-8-9(4-6-15-8)11(13-2)12-10(14-3)5-7-16-12/h4-7,11,13H,1-3H3. The van der Waals surface area contributed by atoms with Crippen molar-refractivity contribution in [1.82, 2.24) is 5.32 Å². The fraction of sp³-hybridized carbons (Fsp3) is 0.333. The molecule has 1 atom stereocenters. The molecule has 0 radical (unpaired) electrons. The summed E-state index contributed by atoms with van der Waals surface area (Å²) in [5.41, 5.74) is 1.34. The third-order valence-corrected chi connectivity index (χ3v) is 4.46. The van der Waals surface area contributed by atoms with Gasteiger partial charge in [0.25, 0.3) is 0 Å². The zero-order valence-electron chi connectivity index (χ0n) is 9.61. The van der Waals surface area contributed by atoms with Gasteiger partial charge in [0.15, 0.2) is 0 Å². The molecule has 4 heteroatoms. The minimum absolute atomic E-state index is 0.237. The lowest BCUT2D eigenvalue weighted by atomic mass is 10.1. The number of hydrogen-bond donors (Lipinski definition) is 1. The molecule has 2 rings (SSSR count). The number of hydrogen-bond acceptors (Lipinski definition) is 4. The van der Waals surface area contributed by atoms with E-state index >= 15 is 0 Å². The normalized spacial score (nSPS) is 12.7. The van der Waals surface area contributed by atoms with Gasteiger partial charge in [-0.25, -0.2) is 0 Å². The van der Waals surface area contributed by atoms with E-state index in [1.807, 2.05) is 13.1 Å². The maximum absolute atomic E-state index is 5.38. The second-order valence-electron chi connectivity index (χ2n) is 3.51. The van der Waals surface area contributed by atoms with Gasteiger partial charge in [-0.15, -0.1) is 22.7 Å². The van der Waals surface area contributed by atoms with Crippen LogP contribution in [-0.2, 0) is 0 Å². The molecule has 0 bridgehead atoms.